The maximum Gasteiger partial charge on any atom is 0.409 e. The first kappa shape index (κ1) is 14.5. The first-order valence-electron chi connectivity index (χ1n) is 6.85. The topological polar surface area (TPSA) is 70.6 Å². The fourth-order valence-electron chi connectivity index (χ4n) is 2.10. The third-order valence-corrected chi connectivity index (χ3v) is 3.25. The Labute approximate surface area is 118 Å². The monoisotopic (exact) mass is 279 g/mol. The molecule has 1 aliphatic rings. The van der Waals surface area contributed by atoms with Crippen LogP contribution in [0.1, 0.15) is 12.6 Å². The van der Waals surface area contributed by atoms with Crippen LogP contribution < -0.4 is 5.32 Å². The first-order valence-corrected chi connectivity index (χ1v) is 6.85. The molecule has 1 amide bonds. The highest BCUT2D eigenvalue weighted by Crippen LogP contribution is 2.08. The van der Waals surface area contributed by atoms with Crippen molar-refractivity contribution >= 4 is 11.9 Å². The normalized spacial score (nSPS) is 16.0. The van der Waals surface area contributed by atoms with Crippen LogP contribution in [0, 0.1) is 0 Å². The van der Waals surface area contributed by atoms with Crippen molar-refractivity contribution < 1.29 is 9.53 Å². The number of nitrogens with zero attached hydrogens (tertiary/aromatic N) is 4. The van der Waals surface area contributed by atoms with Crippen LogP contribution in [-0.4, -0.2) is 65.7 Å². The van der Waals surface area contributed by atoms with Crippen LogP contribution in [0.15, 0.2) is 12.4 Å². The van der Waals surface area contributed by atoms with Crippen molar-refractivity contribution in [1.29, 1.82) is 0 Å². The van der Waals surface area contributed by atoms with E-state index in [2.05, 4.69) is 20.2 Å². The third kappa shape index (κ3) is 3.80. The molecule has 1 N–H and O–H groups in total. The average molecular weight is 279 g/mol. The highest BCUT2D eigenvalue weighted by Gasteiger charge is 2.21. The Hall–Kier alpha value is -1.89. The van der Waals surface area contributed by atoms with E-state index in [1.807, 2.05) is 14.0 Å². The lowest BCUT2D eigenvalue weighted by molar-refractivity contribution is 0.0775. The number of hydrogen-bond donors (Lipinski definition) is 1. The highest BCUT2D eigenvalue weighted by atomic mass is 16.6. The van der Waals surface area contributed by atoms with Gasteiger partial charge in [0, 0.05) is 39.8 Å². The molecule has 7 nitrogen and oxygen atoms in total. The van der Waals surface area contributed by atoms with Gasteiger partial charge in [0.15, 0.2) is 0 Å². The summed E-state index contributed by atoms with van der Waals surface area (Å²) in [7, 11) is 1.82. The van der Waals surface area contributed by atoms with E-state index in [1.165, 1.54) is 0 Å². The van der Waals surface area contributed by atoms with Crippen LogP contribution in [0.3, 0.4) is 0 Å². The molecule has 1 aromatic rings. The molecule has 0 bridgehead atoms. The van der Waals surface area contributed by atoms with Gasteiger partial charge >= 0.3 is 6.09 Å². The zero-order valence-corrected chi connectivity index (χ0v) is 12.0. The third-order valence-electron chi connectivity index (χ3n) is 3.25. The van der Waals surface area contributed by atoms with E-state index in [4.69, 9.17) is 4.74 Å². The molecule has 2 rings (SSSR count). The van der Waals surface area contributed by atoms with Crippen molar-refractivity contribution in [2.24, 2.45) is 0 Å². The molecule has 1 aliphatic heterocycles. The predicted molar refractivity (Wildman–Crippen MR) is 75.5 cm³/mol. The second-order valence-corrected chi connectivity index (χ2v) is 4.61. The minimum atomic E-state index is -0.217. The Morgan fingerprint density at radius 3 is 2.60 bits per heavy atom. The Morgan fingerprint density at radius 1 is 1.30 bits per heavy atom. The quantitative estimate of drug-likeness (QED) is 0.879. The molecule has 0 unspecified atom stereocenters. The molecule has 0 saturated carbocycles. The SMILES string of the molecule is CCOC(=O)N1CCN(Cc2cnc(NC)cn2)CC1. The van der Waals surface area contributed by atoms with E-state index in [0.717, 1.165) is 31.1 Å². The number of amides is 1. The van der Waals surface area contributed by atoms with Gasteiger partial charge in [0.2, 0.25) is 0 Å². The maximum atomic E-state index is 11.6. The number of anilines is 1. The van der Waals surface area contributed by atoms with Crippen LogP contribution >= 0.6 is 0 Å². The summed E-state index contributed by atoms with van der Waals surface area (Å²) in [5.41, 5.74) is 0.939. The predicted octanol–water partition coefficient (Wildman–Crippen LogP) is 0.792. The molecule has 0 aliphatic carbocycles. The van der Waals surface area contributed by atoms with Gasteiger partial charge in [-0.05, 0) is 6.92 Å². The van der Waals surface area contributed by atoms with Gasteiger partial charge in [-0.15, -0.1) is 0 Å². The lowest BCUT2D eigenvalue weighted by Crippen LogP contribution is -2.48. The summed E-state index contributed by atoms with van der Waals surface area (Å²) in [5.74, 6) is 0.765. The number of rotatable bonds is 4. The maximum absolute atomic E-state index is 11.6. The van der Waals surface area contributed by atoms with Gasteiger partial charge in [0.25, 0.3) is 0 Å². The largest absolute Gasteiger partial charge is 0.450 e. The summed E-state index contributed by atoms with van der Waals surface area (Å²) in [6.07, 6.45) is 3.29. The van der Waals surface area contributed by atoms with Gasteiger partial charge in [-0.2, -0.15) is 0 Å². The number of aromatic nitrogens is 2. The number of piperazine rings is 1. The highest BCUT2D eigenvalue weighted by molar-refractivity contribution is 5.67. The van der Waals surface area contributed by atoms with Crippen molar-refractivity contribution in [2.75, 3.05) is 45.2 Å². The van der Waals surface area contributed by atoms with E-state index in [9.17, 15) is 4.79 Å². The zero-order chi connectivity index (χ0) is 14.4. The lowest BCUT2D eigenvalue weighted by atomic mass is 10.3. The van der Waals surface area contributed by atoms with Gasteiger partial charge in [0.05, 0.1) is 24.7 Å². The number of ether oxygens (including phenoxy) is 1. The molecule has 2 heterocycles. The average Bonchev–Trinajstić information content (AvgIpc) is 2.49. The van der Waals surface area contributed by atoms with Crippen molar-refractivity contribution in [3.05, 3.63) is 18.1 Å². The Kier molecular flexibility index (Phi) is 5.11. The van der Waals surface area contributed by atoms with E-state index in [-0.39, 0.29) is 6.09 Å². The fraction of sp³-hybridized carbons (Fsp3) is 0.615. The second kappa shape index (κ2) is 7.04. The van der Waals surface area contributed by atoms with Crippen LogP contribution in [0.5, 0.6) is 0 Å². The lowest BCUT2D eigenvalue weighted by Gasteiger charge is -2.33. The van der Waals surface area contributed by atoms with Crippen molar-refractivity contribution in [2.45, 2.75) is 13.5 Å². The van der Waals surface area contributed by atoms with Crippen molar-refractivity contribution in [3.63, 3.8) is 0 Å². The fourth-order valence-corrected chi connectivity index (χ4v) is 2.10. The molecule has 1 aromatic heterocycles. The molecule has 0 radical (unpaired) electrons. The van der Waals surface area contributed by atoms with Crippen LogP contribution in [0.25, 0.3) is 0 Å². The van der Waals surface area contributed by atoms with Crippen molar-refractivity contribution in [3.8, 4) is 0 Å². The molecule has 1 fully saturated rings. The molecular formula is C13H21N5O2. The Bertz CT molecular complexity index is 429. The Balaban J connectivity index is 1.80. The summed E-state index contributed by atoms with van der Waals surface area (Å²) in [5, 5.41) is 2.94. The summed E-state index contributed by atoms with van der Waals surface area (Å²) < 4.78 is 5.00. The van der Waals surface area contributed by atoms with E-state index in [1.54, 1.807) is 17.3 Å². The van der Waals surface area contributed by atoms with Gasteiger partial charge in [0.1, 0.15) is 5.82 Å². The minimum Gasteiger partial charge on any atom is -0.450 e. The van der Waals surface area contributed by atoms with Crippen LogP contribution in [0.2, 0.25) is 0 Å². The van der Waals surface area contributed by atoms with Crippen molar-refractivity contribution in [1.82, 2.24) is 19.8 Å². The van der Waals surface area contributed by atoms with Crippen LogP contribution in [0.4, 0.5) is 10.6 Å². The number of hydrogen-bond acceptors (Lipinski definition) is 6. The van der Waals surface area contributed by atoms with Gasteiger partial charge in [-0.25, -0.2) is 9.78 Å². The minimum absolute atomic E-state index is 0.217. The molecule has 7 heteroatoms. The van der Waals surface area contributed by atoms with Gasteiger partial charge in [-0.3, -0.25) is 9.88 Å². The Morgan fingerprint density at radius 2 is 2.05 bits per heavy atom. The zero-order valence-electron chi connectivity index (χ0n) is 12.0. The molecule has 0 atom stereocenters. The van der Waals surface area contributed by atoms with Crippen LogP contribution in [-0.2, 0) is 11.3 Å². The van der Waals surface area contributed by atoms with Gasteiger partial charge < -0.3 is 15.0 Å². The number of carbonyl (C=O) groups is 1. The first-order chi connectivity index (χ1) is 9.72. The standard InChI is InChI=1S/C13H21N5O2/c1-3-20-13(19)18-6-4-17(5-7-18)10-11-8-16-12(14-2)9-15-11/h8-9H,3-7,10H2,1-2H3,(H,14,16). The van der Waals surface area contributed by atoms with E-state index < -0.39 is 0 Å². The van der Waals surface area contributed by atoms with E-state index >= 15 is 0 Å². The number of carbonyl (C=O) groups excluding carboxylic acids is 1. The summed E-state index contributed by atoms with van der Waals surface area (Å²) in [4.78, 5) is 24.2. The molecule has 0 aromatic carbocycles. The second-order valence-electron chi connectivity index (χ2n) is 4.61. The summed E-state index contributed by atoms with van der Waals surface area (Å²) in [6.45, 7) is 6.05. The smallest absolute Gasteiger partial charge is 0.409 e. The van der Waals surface area contributed by atoms with E-state index in [0.29, 0.717) is 19.7 Å². The summed E-state index contributed by atoms with van der Waals surface area (Å²) >= 11 is 0. The molecule has 20 heavy (non-hydrogen) atoms. The molecular weight excluding hydrogens is 258 g/mol. The molecule has 1 saturated heterocycles. The number of nitrogens with one attached hydrogen (secondary N) is 1. The summed E-state index contributed by atoms with van der Waals surface area (Å²) in [6, 6.07) is 0. The molecule has 0 spiro atoms. The molecule has 110 valence electrons. The van der Waals surface area contributed by atoms with Gasteiger partial charge in [-0.1, -0.05) is 0 Å².